The van der Waals surface area contributed by atoms with Gasteiger partial charge in [0.2, 0.25) is 0 Å². The molecule has 0 fully saturated rings. The van der Waals surface area contributed by atoms with Crippen molar-refractivity contribution in [3.8, 4) is 0 Å². The molecule has 0 saturated carbocycles. The van der Waals surface area contributed by atoms with Crippen molar-refractivity contribution in [1.82, 2.24) is 15.1 Å². The van der Waals surface area contributed by atoms with Crippen molar-refractivity contribution in [3.63, 3.8) is 0 Å². The minimum atomic E-state index is -4.65. The van der Waals surface area contributed by atoms with Crippen LogP contribution in [0, 0.1) is 0 Å². The molecule has 1 aromatic rings. The summed E-state index contributed by atoms with van der Waals surface area (Å²) in [6, 6.07) is 1.84. The highest BCUT2D eigenvalue weighted by molar-refractivity contribution is 7.95. The van der Waals surface area contributed by atoms with Crippen LogP contribution in [0.1, 0.15) is 18.7 Å². The van der Waals surface area contributed by atoms with Gasteiger partial charge in [0.15, 0.2) is 15.0 Å². The van der Waals surface area contributed by atoms with Crippen molar-refractivity contribution in [2.45, 2.75) is 19.1 Å². The van der Waals surface area contributed by atoms with E-state index < -0.39 is 27.6 Å². The van der Waals surface area contributed by atoms with Crippen molar-refractivity contribution in [1.29, 1.82) is 0 Å². The molecule has 126 valence electrons. The Morgan fingerprint density at radius 2 is 1.96 bits per heavy atom. The third-order valence-electron chi connectivity index (χ3n) is 3.32. The van der Waals surface area contributed by atoms with Gasteiger partial charge in [-0.05, 0) is 18.2 Å². The summed E-state index contributed by atoms with van der Waals surface area (Å²) in [6.45, 7) is 1.37. The normalized spacial score (nSPS) is 19.4. The van der Waals surface area contributed by atoms with Crippen LogP contribution in [0.2, 0.25) is 5.15 Å². The molecular formula is C13H13ClF3N3O2S. The molecule has 0 radical (unpaired) electrons. The molecule has 23 heavy (non-hydrogen) atoms. The Labute approximate surface area is 136 Å². The molecule has 0 aliphatic carbocycles. The van der Waals surface area contributed by atoms with Gasteiger partial charge in [-0.1, -0.05) is 18.5 Å². The number of halogens is 4. The minimum Gasteiger partial charge on any atom is -0.367 e. The van der Waals surface area contributed by atoms with Crippen molar-refractivity contribution in [3.05, 3.63) is 45.7 Å². The molecule has 1 aliphatic rings. The van der Waals surface area contributed by atoms with Crippen LogP contribution in [0.25, 0.3) is 0 Å². The van der Waals surface area contributed by atoms with E-state index >= 15 is 0 Å². The van der Waals surface area contributed by atoms with Crippen LogP contribution in [0.15, 0.2) is 34.9 Å². The number of sulfone groups is 1. The lowest BCUT2D eigenvalue weighted by atomic mass is 10.1. The highest BCUT2D eigenvalue weighted by Crippen LogP contribution is 2.39. The second-order valence-electron chi connectivity index (χ2n) is 4.88. The first-order valence-corrected chi connectivity index (χ1v) is 8.53. The van der Waals surface area contributed by atoms with Crippen LogP contribution in [0.3, 0.4) is 0 Å². The van der Waals surface area contributed by atoms with Crippen LogP contribution in [-0.4, -0.2) is 42.5 Å². The maximum atomic E-state index is 13.0. The first kappa shape index (κ1) is 17.7. The fourth-order valence-electron chi connectivity index (χ4n) is 2.17. The lowest BCUT2D eigenvalue weighted by Gasteiger charge is -2.32. The second-order valence-corrected chi connectivity index (χ2v) is 7.55. The van der Waals surface area contributed by atoms with E-state index in [1.807, 2.05) is 0 Å². The molecule has 0 amide bonds. The zero-order valence-electron chi connectivity index (χ0n) is 12.2. The van der Waals surface area contributed by atoms with E-state index in [0.717, 1.165) is 11.1 Å². The monoisotopic (exact) mass is 367 g/mol. The molecule has 2 rings (SSSR count). The van der Waals surface area contributed by atoms with Crippen molar-refractivity contribution < 1.29 is 21.6 Å². The van der Waals surface area contributed by atoms with Gasteiger partial charge in [0, 0.05) is 13.2 Å². The fourth-order valence-corrected chi connectivity index (χ4v) is 3.54. The van der Waals surface area contributed by atoms with Gasteiger partial charge in [0.1, 0.15) is 6.04 Å². The Hall–Kier alpha value is -1.61. The van der Waals surface area contributed by atoms with Gasteiger partial charge in [0.05, 0.1) is 21.9 Å². The van der Waals surface area contributed by atoms with Gasteiger partial charge in [-0.2, -0.15) is 18.3 Å². The van der Waals surface area contributed by atoms with Crippen LogP contribution >= 0.6 is 11.6 Å². The molecule has 0 bridgehead atoms. The number of nitrogens with zero attached hydrogens (tertiary/aromatic N) is 3. The van der Waals surface area contributed by atoms with Crippen LogP contribution in [0.5, 0.6) is 0 Å². The average Bonchev–Trinajstić information content (AvgIpc) is 2.46. The average molecular weight is 368 g/mol. The van der Waals surface area contributed by atoms with E-state index in [-0.39, 0.29) is 21.5 Å². The lowest BCUT2D eigenvalue weighted by Crippen LogP contribution is -2.32. The lowest BCUT2D eigenvalue weighted by molar-refractivity contribution is -0.0898. The maximum Gasteiger partial charge on any atom is 0.417 e. The zero-order chi connectivity index (χ0) is 17.4. The third-order valence-corrected chi connectivity index (χ3v) is 5.34. The number of rotatable bonds is 3. The Morgan fingerprint density at radius 3 is 2.43 bits per heavy atom. The van der Waals surface area contributed by atoms with Gasteiger partial charge in [-0.25, -0.2) is 8.42 Å². The predicted octanol–water partition coefficient (Wildman–Crippen LogP) is 2.88. The van der Waals surface area contributed by atoms with Crippen LogP contribution in [-0.2, 0) is 9.84 Å². The molecule has 0 saturated heterocycles. The van der Waals surface area contributed by atoms with E-state index in [9.17, 15) is 21.6 Å². The van der Waals surface area contributed by atoms with Gasteiger partial charge in [-0.3, -0.25) is 0 Å². The first-order chi connectivity index (χ1) is 10.6. The SMILES string of the molecule is CCS(=O)(=O)C1=CC(C(F)(F)F)=CN(C)C1c1ccc(Cl)nn1. The highest BCUT2D eigenvalue weighted by atomic mass is 35.5. The van der Waals surface area contributed by atoms with Gasteiger partial charge in [-0.15, -0.1) is 5.10 Å². The van der Waals surface area contributed by atoms with E-state index in [4.69, 9.17) is 11.6 Å². The molecule has 0 aromatic carbocycles. The van der Waals surface area contributed by atoms with E-state index in [1.165, 1.54) is 26.1 Å². The number of aromatic nitrogens is 2. The molecule has 0 N–H and O–H groups in total. The van der Waals surface area contributed by atoms with Gasteiger partial charge >= 0.3 is 6.18 Å². The Morgan fingerprint density at radius 1 is 1.30 bits per heavy atom. The summed E-state index contributed by atoms with van der Waals surface area (Å²) in [7, 11) is -2.52. The van der Waals surface area contributed by atoms with Crippen molar-refractivity contribution in [2.24, 2.45) is 0 Å². The first-order valence-electron chi connectivity index (χ1n) is 6.50. The molecule has 0 spiro atoms. The standard InChI is InChI=1S/C13H13ClF3N3O2S/c1-3-23(21,22)10-6-8(13(15,16)17)7-20(2)12(10)9-4-5-11(14)19-18-9/h4-7,12H,3H2,1-2H3. The molecule has 1 aliphatic heterocycles. The summed E-state index contributed by atoms with van der Waals surface area (Å²) in [6.07, 6.45) is -3.16. The predicted molar refractivity (Wildman–Crippen MR) is 79.2 cm³/mol. The third kappa shape index (κ3) is 3.66. The molecular weight excluding hydrogens is 355 g/mol. The maximum absolute atomic E-state index is 13.0. The topological polar surface area (TPSA) is 63.2 Å². The summed E-state index contributed by atoms with van der Waals surface area (Å²) in [5.74, 6) is -0.324. The van der Waals surface area contributed by atoms with Crippen molar-refractivity contribution >= 4 is 21.4 Å². The van der Waals surface area contributed by atoms with E-state index in [1.54, 1.807) is 0 Å². The van der Waals surface area contributed by atoms with Crippen molar-refractivity contribution in [2.75, 3.05) is 12.8 Å². The second kappa shape index (κ2) is 6.12. The molecule has 1 atom stereocenters. The summed E-state index contributed by atoms with van der Waals surface area (Å²) in [5, 5.41) is 7.52. The summed E-state index contributed by atoms with van der Waals surface area (Å²) in [5.41, 5.74) is -0.845. The fraction of sp³-hybridized carbons (Fsp3) is 0.385. The largest absolute Gasteiger partial charge is 0.417 e. The number of allylic oxidation sites excluding steroid dienone is 2. The Kier molecular flexibility index (Phi) is 4.72. The Bertz CT molecular complexity index is 758. The van der Waals surface area contributed by atoms with Gasteiger partial charge < -0.3 is 4.90 Å². The molecule has 5 nitrogen and oxygen atoms in total. The van der Waals surface area contributed by atoms with Crippen LogP contribution < -0.4 is 0 Å². The molecule has 2 heterocycles. The number of hydrogen-bond donors (Lipinski definition) is 0. The minimum absolute atomic E-state index is 0.0996. The molecule has 1 aromatic heterocycles. The number of likely N-dealkylation sites (N-methyl/N-ethyl adjacent to an activating group) is 1. The molecule has 1 unspecified atom stereocenters. The Balaban J connectivity index is 2.61. The summed E-state index contributed by atoms with van der Waals surface area (Å²) < 4.78 is 63.5. The smallest absolute Gasteiger partial charge is 0.367 e. The summed E-state index contributed by atoms with van der Waals surface area (Å²) in [4.78, 5) is 0.789. The number of hydrogen-bond acceptors (Lipinski definition) is 5. The number of alkyl halides is 3. The highest BCUT2D eigenvalue weighted by Gasteiger charge is 2.40. The molecule has 10 heteroatoms. The quantitative estimate of drug-likeness (QED) is 0.822. The van der Waals surface area contributed by atoms with Crippen LogP contribution in [0.4, 0.5) is 13.2 Å². The summed E-state index contributed by atoms with van der Waals surface area (Å²) >= 11 is 5.64. The van der Waals surface area contributed by atoms with E-state index in [0.29, 0.717) is 6.08 Å². The zero-order valence-corrected chi connectivity index (χ0v) is 13.7. The van der Waals surface area contributed by atoms with Gasteiger partial charge in [0.25, 0.3) is 0 Å². The van der Waals surface area contributed by atoms with E-state index in [2.05, 4.69) is 10.2 Å².